The van der Waals surface area contributed by atoms with E-state index in [0.717, 1.165) is 13.2 Å². The SMILES string of the molecule is C=C[C@@H]1C(=C)[C@@H]2C[C@H]1[C@H](COC)[C@@H]2COC. The number of rotatable bonds is 5. The van der Waals surface area contributed by atoms with E-state index in [4.69, 9.17) is 9.47 Å². The maximum Gasteiger partial charge on any atom is 0.0499 e. The number of allylic oxidation sites excluding steroid dienone is 2. The molecule has 90 valence electrons. The van der Waals surface area contributed by atoms with Crippen molar-refractivity contribution in [3.05, 3.63) is 24.8 Å². The Labute approximate surface area is 98.3 Å². The van der Waals surface area contributed by atoms with Crippen LogP contribution in [0.5, 0.6) is 0 Å². The molecule has 0 saturated heterocycles. The molecule has 2 bridgehead atoms. The van der Waals surface area contributed by atoms with E-state index >= 15 is 0 Å². The minimum Gasteiger partial charge on any atom is -0.384 e. The molecule has 0 N–H and O–H groups in total. The Morgan fingerprint density at radius 2 is 1.88 bits per heavy atom. The fourth-order valence-electron chi connectivity index (χ4n) is 3.82. The van der Waals surface area contributed by atoms with Crippen LogP contribution in [0.25, 0.3) is 0 Å². The normalized spacial score (nSPS) is 41.6. The summed E-state index contributed by atoms with van der Waals surface area (Å²) in [6.45, 7) is 9.86. The third kappa shape index (κ3) is 1.64. The van der Waals surface area contributed by atoms with Crippen molar-refractivity contribution in [2.75, 3.05) is 27.4 Å². The molecule has 2 fully saturated rings. The van der Waals surface area contributed by atoms with E-state index in [1.54, 1.807) is 14.2 Å². The first-order chi connectivity index (χ1) is 7.74. The van der Waals surface area contributed by atoms with E-state index in [2.05, 4.69) is 19.2 Å². The standard InChI is InChI=1S/C14H22O2/c1-5-10-9(2)11-6-12(10)14(8-16-4)13(11)7-15-3/h5,10-14H,1-2,6-8H2,3-4H3/t10-,11+,12-,13-,14+/m1/s1. The molecule has 2 heteroatoms. The monoisotopic (exact) mass is 222 g/mol. The molecule has 2 nitrogen and oxygen atoms in total. The fourth-order valence-corrected chi connectivity index (χ4v) is 3.82. The second-order valence-electron chi connectivity index (χ2n) is 5.08. The smallest absolute Gasteiger partial charge is 0.0499 e. The highest BCUT2D eigenvalue weighted by atomic mass is 16.5. The van der Waals surface area contributed by atoms with Crippen molar-refractivity contribution < 1.29 is 9.47 Å². The van der Waals surface area contributed by atoms with Crippen LogP contribution in [0.3, 0.4) is 0 Å². The molecule has 5 atom stereocenters. The number of fused-ring (bicyclic) bond motifs is 2. The molecule has 0 aromatic rings. The lowest BCUT2D eigenvalue weighted by Gasteiger charge is -2.35. The molecule has 2 rings (SSSR count). The summed E-state index contributed by atoms with van der Waals surface area (Å²) in [6.07, 6.45) is 3.32. The number of hydrogen-bond donors (Lipinski definition) is 0. The maximum atomic E-state index is 5.36. The van der Waals surface area contributed by atoms with Crippen LogP contribution in [0.4, 0.5) is 0 Å². The van der Waals surface area contributed by atoms with Crippen molar-refractivity contribution in [2.45, 2.75) is 6.42 Å². The molecule has 0 spiro atoms. The second-order valence-corrected chi connectivity index (χ2v) is 5.08. The van der Waals surface area contributed by atoms with Gasteiger partial charge in [-0.3, -0.25) is 0 Å². The number of methoxy groups -OCH3 is 2. The number of ether oxygens (including phenoxy) is 2. The largest absolute Gasteiger partial charge is 0.384 e. The molecule has 0 aromatic carbocycles. The summed E-state index contributed by atoms with van der Waals surface area (Å²) in [4.78, 5) is 0. The minimum atomic E-state index is 0.498. The Kier molecular flexibility index (Phi) is 3.50. The Morgan fingerprint density at radius 3 is 2.44 bits per heavy atom. The van der Waals surface area contributed by atoms with Crippen molar-refractivity contribution in [1.82, 2.24) is 0 Å². The van der Waals surface area contributed by atoms with Crippen LogP contribution in [0, 0.1) is 29.6 Å². The molecular formula is C14H22O2. The summed E-state index contributed by atoms with van der Waals surface area (Å²) in [7, 11) is 3.57. The Bertz CT molecular complexity index is 284. The van der Waals surface area contributed by atoms with E-state index in [1.807, 2.05) is 0 Å². The number of hydrogen-bond acceptors (Lipinski definition) is 2. The van der Waals surface area contributed by atoms with Gasteiger partial charge >= 0.3 is 0 Å². The Hall–Kier alpha value is -0.600. The summed E-state index contributed by atoms with van der Waals surface area (Å²) >= 11 is 0. The zero-order valence-electron chi connectivity index (χ0n) is 10.3. The second kappa shape index (κ2) is 4.72. The zero-order valence-corrected chi connectivity index (χ0v) is 10.3. The van der Waals surface area contributed by atoms with Crippen LogP contribution in [0.2, 0.25) is 0 Å². The van der Waals surface area contributed by atoms with Gasteiger partial charge in [0.15, 0.2) is 0 Å². The van der Waals surface area contributed by atoms with Gasteiger partial charge in [-0.2, -0.15) is 0 Å². The van der Waals surface area contributed by atoms with E-state index in [9.17, 15) is 0 Å². The topological polar surface area (TPSA) is 18.5 Å². The zero-order chi connectivity index (χ0) is 11.7. The Balaban J connectivity index is 2.17. The molecule has 0 amide bonds. The first-order valence-electron chi connectivity index (χ1n) is 6.03. The van der Waals surface area contributed by atoms with Crippen molar-refractivity contribution in [3.8, 4) is 0 Å². The summed E-state index contributed by atoms with van der Waals surface area (Å²) < 4.78 is 10.7. The summed E-state index contributed by atoms with van der Waals surface area (Å²) in [5, 5.41) is 0. The van der Waals surface area contributed by atoms with E-state index in [-0.39, 0.29) is 0 Å². The highest BCUT2D eigenvalue weighted by Gasteiger charge is 2.53. The van der Waals surface area contributed by atoms with E-state index < -0.39 is 0 Å². The van der Waals surface area contributed by atoms with Crippen LogP contribution < -0.4 is 0 Å². The molecule has 0 aliphatic heterocycles. The van der Waals surface area contributed by atoms with Crippen LogP contribution in [0.15, 0.2) is 24.8 Å². The third-order valence-corrected chi connectivity index (χ3v) is 4.48. The fraction of sp³-hybridized carbons (Fsp3) is 0.714. The van der Waals surface area contributed by atoms with Gasteiger partial charge in [0.05, 0.1) is 0 Å². The van der Waals surface area contributed by atoms with Crippen LogP contribution in [-0.4, -0.2) is 27.4 Å². The molecule has 0 aromatic heterocycles. The molecule has 2 saturated carbocycles. The van der Waals surface area contributed by atoms with Crippen molar-refractivity contribution in [1.29, 1.82) is 0 Å². The summed E-state index contributed by atoms with van der Waals surface area (Å²) in [6, 6.07) is 0. The van der Waals surface area contributed by atoms with Gasteiger partial charge in [-0.15, -0.1) is 6.58 Å². The minimum absolute atomic E-state index is 0.498. The van der Waals surface area contributed by atoms with Gasteiger partial charge < -0.3 is 9.47 Å². The molecule has 2 aliphatic rings. The molecule has 0 unspecified atom stereocenters. The predicted molar refractivity (Wildman–Crippen MR) is 65.2 cm³/mol. The van der Waals surface area contributed by atoms with Gasteiger partial charge in [-0.25, -0.2) is 0 Å². The molecule has 0 heterocycles. The van der Waals surface area contributed by atoms with Crippen LogP contribution in [-0.2, 0) is 9.47 Å². The van der Waals surface area contributed by atoms with Crippen molar-refractivity contribution >= 4 is 0 Å². The predicted octanol–water partition coefficient (Wildman–Crippen LogP) is 2.52. The van der Waals surface area contributed by atoms with Crippen molar-refractivity contribution in [2.24, 2.45) is 29.6 Å². The van der Waals surface area contributed by atoms with Crippen LogP contribution in [0.1, 0.15) is 6.42 Å². The average Bonchev–Trinajstić information content (AvgIpc) is 2.76. The van der Waals surface area contributed by atoms with Gasteiger partial charge in [-0.05, 0) is 30.1 Å². The molecule has 2 aliphatic carbocycles. The van der Waals surface area contributed by atoms with Gasteiger partial charge in [0, 0.05) is 33.4 Å². The van der Waals surface area contributed by atoms with Gasteiger partial charge in [0.25, 0.3) is 0 Å². The molecular weight excluding hydrogens is 200 g/mol. The van der Waals surface area contributed by atoms with E-state index in [0.29, 0.717) is 29.6 Å². The Morgan fingerprint density at radius 1 is 1.25 bits per heavy atom. The van der Waals surface area contributed by atoms with Crippen LogP contribution >= 0.6 is 0 Å². The summed E-state index contributed by atoms with van der Waals surface area (Å²) in [5.74, 6) is 3.00. The third-order valence-electron chi connectivity index (χ3n) is 4.48. The van der Waals surface area contributed by atoms with Gasteiger partial charge in [-0.1, -0.05) is 18.2 Å². The molecule has 16 heavy (non-hydrogen) atoms. The maximum absolute atomic E-state index is 5.36. The van der Waals surface area contributed by atoms with Crippen molar-refractivity contribution in [3.63, 3.8) is 0 Å². The summed E-state index contributed by atoms with van der Waals surface area (Å²) in [5.41, 5.74) is 1.37. The lowest BCUT2D eigenvalue weighted by Crippen LogP contribution is -2.34. The molecule has 0 radical (unpaired) electrons. The lowest BCUT2D eigenvalue weighted by atomic mass is 9.72. The van der Waals surface area contributed by atoms with Gasteiger partial charge in [0.2, 0.25) is 0 Å². The first-order valence-corrected chi connectivity index (χ1v) is 6.03. The van der Waals surface area contributed by atoms with E-state index in [1.165, 1.54) is 12.0 Å². The highest BCUT2D eigenvalue weighted by Crippen LogP contribution is 2.57. The average molecular weight is 222 g/mol. The lowest BCUT2D eigenvalue weighted by molar-refractivity contribution is 0.0448. The highest BCUT2D eigenvalue weighted by molar-refractivity contribution is 5.26. The quantitative estimate of drug-likeness (QED) is 0.665. The first kappa shape index (κ1) is 11.9. The van der Waals surface area contributed by atoms with Gasteiger partial charge in [0.1, 0.15) is 0 Å².